The molecule has 0 aliphatic rings. The van der Waals surface area contributed by atoms with Gasteiger partial charge >= 0.3 is 5.97 Å². The summed E-state index contributed by atoms with van der Waals surface area (Å²) in [6.45, 7) is 8.14. The number of hydrogen-bond donors (Lipinski definition) is 0. The van der Waals surface area contributed by atoms with E-state index in [1.54, 1.807) is 13.1 Å². The van der Waals surface area contributed by atoms with Crippen LogP contribution in [-0.4, -0.2) is 22.5 Å². The predicted octanol–water partition coefficient (Wildman–Crippen LogP) is 2.16. The van der Waals surface area contributed by atoms with Crippen LogP contribution in [-0.2, 0) is 11.2 Å². The highest BCUT2D eigenvalue weighted by atomic mass is 16.5. The first-order valence-electron chi connectivity index (χ1n) is 5.54. The normalized spacial score (nSPS) is 10.6. The molecule has 1 aromatic rings. The Bertz CT molecular complexity index is 375. The topological polar surface area (TPSA) is 52.1 Å². The Kier molecular flexibility index (Phi) is 4.40. The lowest BCUT2D eigenvalue weighted by Gasteiger charge is -2.07. The van der Waals surface area contributed by atoms with Crippen molar-refractivity contribution >= 4 is 5.97 Å². The summed E-state index contributed by atoms with van der Waals surface area (Å²) in [4.78, 5) is 20.0. The van der Waals surface area contributed by atoms with Crippen LogP contribution in [0.3, 0.4) is 0 Å². The maximum Gasteiger partial charge on any atom is 0.357 e. The average Bonchev–Trinajstić information content (AvgIpc) is 2.20. The van der Waals surface area contributed by atoms with Gasteiger partial charge in [0.25, 0.3) is 0 Å². The maximum absolute atomic E-state index is 11.6. The van der Waals surface area contributed by atoms with Gasteiger partial charge in [-0.05, 0) is 19.8 Å². The number of esters is 1. The highest BCUT2D eigenvalue weighted by Gasteiger charge is 2.13. The van der Waals surface area contributed by atoms with Crippen molar-refractivity contribution in [2.24, 2.45) is 5.92 Å². The average molecular weight is 222 g/mol. The van der Waals surface area contributed by atoms with Crippen LogP contribution in [0.25, 0.3) is 0 Å². The van der Waals surface area contributed by atoms with E-state index >= 15 is 0 Å². The molecule has 0 unspecified atom stereocenters. The van der Waals surface area contributed by atoms with Gasteiger partial charge in [0.05, 0.1) is 6.61 Å². The Morgan fingerprint density at radius 2 is 2.19 bits per heavy atom. The smallest absolute Gasteiger partial charge is 0.357 e. The van der Waals surface area contributed by atoms with E-state index in [1.165, 1.54) is 0 Å². The molecule has 4 nitrogen and oxygen atoms in total. The van der Waals surface area contributed by atoms with Crippen LogP contribution in [0, 0.1) is 12.8 Å². The zero-order valence-corrected chi connectivity index (χ0v) is 10.3. The van der Waals surface area contributed by atoms with Crippen LogP contribution in [0.5, 0.6) is 0 Å². The second kappa shape index (κ2) is 5.58. The van der Waals surface area contributed by atoms with Crippen molar-refractivity contribution in [3.05, 3.63) is 23.3 Å². The summed E-state index contributed by atoms with van der Waals surface area (Å²) in [5.74, 6) is 0.800. The number of ether oxygens (including phenoxy) is 1. The largest absolute Gasteiger partial charge is 0.461 e. The Morgan fingerprint density at radius 1 is 1.50 bits per heavy atom. The van der Waals surface area contributed by atoms with E-state index in [9.17, 15) is 4.79 Å². The van der Waals surface area contributed by atoms with Gasteiger partial charge in [0.15, 0.2) is 5.69 Å². The van der Waals surface area contributed by atoms with Crippen molar-refractivity contribution in [3.63, 3.8) is 0 Å². The lowest BCUT2D eigenvalue weighted by molar-refractivity contribution is 0.0518. The standard InChI is InChI=1S/C12H18N2O2/c1-5-16-12(15)11-9(4)7-13-10(14-11)6-8(2)3/h7-8H,5-6H2,1-4H3. The van der Waals surface area contributed by atoms with Gasteiger partial charge < -0.3 is 4.74 Å². The number of nitrogens with zero attached hydrogens (tertiary/aromatic N) is 2. The molecule has 0 bridgehead atoms. The second-order valence-corrected chi connectivity index (χ2v) is 4.14. The summed E-state index contributed by atoms with van der Waals surface area (Å²) >= 11 is 0. The molecule has 0 aliphatic carbocycles. The van der Waals surface area contributed by atoms with E-state index in [2.05, 4.69) is 23.8 Å². The van der Waals surface area contributed by atoms with E-state index in [-0.39, 0.29) is 5.97 Å². The third-order valence-corrected chi connectivity index (χ3v) is 2.08. The van der Waals surface area contributed by atoms with Crippen molar-refractivity contribution in [3.8, 4) is 0 Å². The molecule has 88 valence electrons. The first-order valence-corrected chi connectivity index (χ1v) is 5.54. The third-order valence-electron chi connectivity index (χ3n) is 2.08. The third kappa shape index (κ3) is 3.29. The monoisotopic (exact) mass is 222 g/mol. The molecule has 0 aliphatic heterocycles. The molecule has 0 radical (unpaired) electrons. The summed E-state index contributed by atoms with van der Waals surface area (Å²) < 4.78 is 4.94. The van der Waals surface area contributed by atoms with Crippen molar-refractivity contribution in [2.75, 3.05) is 6.61 Å². The molecule has 0 aromatic carbocycles. The zero-order valence-electron chi connectivity index (χ0n) is 10.3. The Labute approximate surface area is 96.1 Å². The molecule has 0 atom stereocenters. The van der Waals surface area contributed by atoms with Crippen molar-refractivity contribution < 1.29 is 9.53 Å². The number of carbonyl (C=O) groups excluding carboxylic acids is 1. The SMILES string of the molecule is CCOC(=O)c1nc(CC(C)C)ncc1C. The van der Waals surface area contributed by atoms with Gasteiger partial charge in [0.2, 0.25) is 0 Å². The molecule has 0 N–H and O–H groups in total. The summed E-state index contributed by atoms with van der Waals surface area (Å²) in [7, 11) is 0. The molecule has 0 saturated carbocycles. The summed E-state index contributed by atoms with van der Waals surface area (Å²) in [5, 5.41) is 0. The first-order chi connectivity index (χ1) is 7.54. The molecular formula is C12H18N2O2. The van der Waals surface area contributed by atoms with Gasteiger partial charge in [-0.15, -0.1) is 0 Å². The van der Waals surface area contributed by atoms with Gasteiger partial charge in [0.1, 0.15) is 5.82 Å². The molecule has 0 amide bonds. The van der Waals surface area contributed by atoms with Crippen LogP contribution < -0.4 is 0 Å². The number of aromatic nitrogens is 2. The number of hydrogen-bond acceptors (Lipinski definition) is 4. The summed E-state index contributed by atoms with van der Waals surface area (Å²) in [6.07, 6.45) is 2.45. The fourth-order valence-electron chi connectivity index (χ4n) is 1.35. The van der Waals surface area contributed by atoms with Crippen molar-refractivity contribution in [1.29, 1.82) is 0 Å². The van der Waals surface area contributed by atoms with Gasteiger partial charge in [-0.3, -0.25) is 0 Å². The fourth-order valence-corrected chi connectivity index (χ4v) is 1.35. The Balaban J connectivity index is 2.94. The zero-order chi connectivity index (χ0) is 12.1. The van der Waals surface area contributed by atoms with Crippen LogP contribution >= 0.6 is 0 Å². The highest BCUT2D eigenvalue weighted by molar-refractivity contribution is 5.88. The summed E-state index contributed by atoms with van der Waals surface area (Å²) in [5.41, 5.74) is 1.14. The van der Waals surface area contributed by atoms with E-state index in [4.69, 9.17) is 4.74 Å². The Morgan fingerprint density at radius 3 is 2.75 bits per heavy atom. The van der Waals surface area contributed by atoms with Gasteiger partial charge in [-0.2, -0.15) is 0 Å². The van der Waals surface area contributed by atoms with E-state index < -0.39 is 0 Å². The minimum atomic E-state index is -0.368. The number of rotatable bonds is 4. The Hall–Kier alpha value is -1.45. The lowest BCUT2D eigenvalue weighted by atomic mass is 10.1. The van der Waals surface area contributed by atoms with Crippen LogP contribution in [0.15, 0.2) is 6.20 Å². The van der Waals surface area contributed by atoms with Gasteiger partial charge in [-0.1, -0.05) is 13.8 Å². The number of aryl methyl sites for hydroxylation is 1. The maximum atomic E-state index is 11.6. The molecule has 0 spiro atoms. The minimum Gasteiger partial charge on any atom is -0.461 e. The van der Waals surface area contributed by atoms with Crippen LogP contribution in [0.1, 0.15) is 42.6 Å². The van der Waals surface area contributed by atoms with E-state index in [1.807, 2.05) is 6.92 Å². The molecular weight excluding hydrogens is 204 g/mol. The van der Waals surface area contributed by atoms with Crippen molar-refractivity contribution in [2.45, 2.75) is 34.1 Å². The molecule has 1 aromatic heterocycles. The van der Waals surface area contributed by atoms with Crippen LogP contribution in [0.2, 0.25) is 0 Å². The lowest BCUT2D eigenvalue weighted by Crippen LogP contribution is -2.12. The van der Waals surface area contributed by atoms with Crippen LogP contribution in [0.4, 0.5) is 0 Å². The van der Waals surface area contributed by atoms with E-state index in [0.29, 0.717) is 24.0 Å². The summed E-state index contributed by atoms with van der Waals surface area (Å²) in [6, 6.07) is 0. The molecule has 0 saturated heterocycles. The number of carbonyl (C=O) groups is 1. The van der Waals surface area contributed by atoms with Gasteiger partial charge in [0, 0.05) is 18.2 Å². The molecule has 16 heavy (non-hydrogen) atoms. The van der Waals surface area contributed by atoms with Crippen molar-refractivity contribution in [1.82, 2.24) is 9.97 Å². The second-order valence-electron chi connectivity index (χ2n) is 4.14. The highest BCUT2D eigenvalue weighted by Crippen LogP contribution is 2.08. The molecule has 4 heteroatoms. The molecule has 1 rings (SSSR count). The first kappa shape index (κ1) is 12.6. The minimum absolute atomic E-state index is 0.363. The van der Waals surface area contributed by atoms with Gasteiger partial charge in [-0.25, -0.2) is 14.8 Å². The molecule has 0 fully saturated rings. The predicted molar refractivity (Wildman–Crippen MR) is 61.3 cm³/mol. The fraction of sp³-hybridized carbons (Fsp3) is 0.583. The quantitative estimate of drug-likeness (QED) is 0.732. The van der Waals surface area contributed by atoms with E-state index in [0.717, 1.165) is 12.0 Å². The molecule has 1 heterocycles.